The average molecular weight is 192 g/mol. The van der Waals surface area contributed by atoms with Crippen LogP contribution in [0.15, 0.2) is 12.4 Å². The molecule has 0 unspecified atom stereocenters. The SMILES string of the molecule is CN(C)c1cc(N2CCCC2)ncn1. The first kappa shape index (κ1) is 9.24. The molecule has 0 spiro atoms. The molecule has 2 rings (SSSR count). The number of hydrogen-bond donors (Lipinski definition) is 0. The van der Waals surface area contributed by atoms with Crippen LogP contribution in [0.2, 0.25) is 0 Å². The molecule has 1 fully saturated rings. The summed E-state index contributed by atoms with van der Waals surface area (Å²) < 4.78 is 0. The van der Waals surface area contributed by atoms with Gasteiger partial charge in [0.25, 0.3) is 0 Å². The fourth-order valence-electron chi connectivity index (χ4n) is 1.70. The topological polar surface area (TPSA) is 32.3 Å². The van der Waals surface area contributed by atoms with Crippen LogP contribution in [-0.4, -0.2) is 37.2 Å². The van der Waals surface area contributed by atoms with E-state index in [1.165, 1.54) is 12.8 Å². The van der Waals surface area contributed by atoms with Gasteiger partial charge in [0, 0.05) is 33.3 Å². The lowest BCUT2D eigenvalue weighted by atomic mass is 10.4. The van der Waals surface area contributed by atoms with Gasteiger partial charge in [-0.05, 0) is 12.8 Å². The number of aromatic nitrogens is 2. The Kier molecular flexibility index (Phi) is 2.52. The van der Waals surface area contributed by atoms with Crippen LogP contribution in [0.3, 0.4) is 0 Å². The summed E-state index contributed by atoms with van der Waals surface area (Å²) in [6, 6.07) is 2.05. The lowest BCUT2D eigenvalue weighted by molar-refractivity contribution is 0.919. The van der Waals surface area contributed by atoms with E-state index in [0.717, 1.165) is 24.7 Å². The van der Waals surface area contributed by atoms with Crippen molar-refractivity contribution in [1.82, 2.24) is 9.97 Å². The zero-order valence-corrected chi connectivity index (χ0v) is 8.77. The zero-order valence-electron chi connectivity index (χ0n) is 8.77. The zero-order chi connectivity index (χ0) is 9.97. The summed E-state index contributed by atoms with van der Waals surface area (Å²) in [7, 11) is 3.99. The fourth-order valence-corrected chi connectivity index (χ4v) is 1.70. The van der Waals surface area contributed by atoms with E-state index in [-0.39, 0.29) is 0 Å². The Balaban J connectivity index is 2.21. The van der Waals surface area contributed by atoms with E-state index in [1.807, 2.05) is 25.1 Å². The third-order valence-electron chi connectivity index (χ3n) is 2.53. The van der Waals surface area contributed by atoms with Gasteiger partial charge in [-0.25, -0.2) is 9.97 Å². The maximum atomic E-state index is 4.29. The lowest BCUT2D eigenvalue weighted by Gasteiger charge is -2.18. The second kappa shape index (κ2) is 3.82. The summed E-state index contributed by atoms with van der Waals surface area (Å²) in [4.78, 5) is 12.8. The lowest BCUT2D eigenvalue weighted by Crippen LogP contribution is -2.20. The largest absolute Gasteiger partial charge is 0.363 e. The molecular formula is C10H16N4. The molecule has 1 aromatic rings. The molecular weight excluding hydrogens is 176 g/mol. The molecule has 0 aliphatic carbocycles. The summed E-state index contributed by atoms with van der Waals surface area (Å²) in [6.07, 6.45) is 4.20. The van der Waals surface area contributed by atoms with Crippen LogP contribution in [0.4, 0.5) is 11.6 Å². The molecule has 0 amide bonds. The van der Waals surface area contributed by atoms with E-state index in [1.54, 1.807) is 6.33 Å². The number of rotatable bonds is 2. The van der Waals surface area contributed by atoms with Gasteiger partial charge in [-0.3, -0.25) is 0 Å². The Bertz CT molecular complexity index is 305. The summed E-state index contributed by atoms with van der Waals surface area (Å²) >= 11 is 0. The van der Waals surface area contributed by atoms with Crippen molar-refractivity contribution >= 4 is 11.6 Å². The van der Waals surface area contributed by atoms with Gasteiger partial charge in [0.1, 0.15) is 18.0 Å². The van der Waals surface area contributed by atoms with Crippen molar-refractivity contribution in [3.8, 4) is 0 Å². The summed E-state index contributed by atoms with van der Waals surface area (Å²) in [5.41, 5.74) is 0. The van der Waals surface area contributed by atoms with Gasteiger partial charge in [0.05, 0.1) is 0 Å². The average Bonchev–Trinajstić information content (AvgIpc) is 2.71. The molecule has 14 heavy (non-hydrogen) atoms. The number of anilines is 2. The molecule has 2 heterocycles. The Morgan fingerprint density at radius 2 is 1.93 bits per heavy atom. The van der Waals surface area contributed by atoms with Crippen LogP contribution in [0.25, 0.3) is 0 Å². The molecule has 1 aromatic heterocycles. The predicted octanol–water partition coefficient (Wildman–Crippen LogP) is 1.14. The second-order valence-electron chi connectivity index (χ2n) is 3.82. The van der Waals surface area contributed by atoms with Crippen molar-refractivity contribution in [3.05, 3.63) is 12.4 Å². The van der Waals surface area contributed by atoms with E-state index >= 15 is 0 Å². The van der Waals surface area contributed by atoms with E-state index < -0.39 is 0 Å². The molecule has 1 aliphatic heterocycles. The van der Waals surface area contributed by atoms with Crippen LogP contribution in [-0.2, 0) is 0 Å². The molecule has 0 aromatic carbocycles. The fraction of sp³-hybridized carbons (Fsp3) is 0.600. The van der Waals surface area contributed by atoms with Gasteiger partial charge in [0.2, 0.25) is 0 Å². The van der Waals surface area contributed by atoms with E-state index in [2.05, 4.69) is 14.9 Å². The first-order valence-corrected chi connectivity index (χ1v) is 5.02. The first-order chi connectivity index (χ1) is 6.77. The minimum Gasteiger partial charge on any atom is -0.363 e. The van der Waals surface area contributed by atoms with Crippen LogP contribution in [0.5, 0.6) is 0 Å². The molecule has 0 bridgehead atoms. The van der Waals surface area contributed by atoms with E-state index in [4.69, 9.17) is 0 Å². The Morgan fingerprint density at radius 3 is 2.57 bits per heavy atom. The monoisotopic (exact) mass is 192 g/mol. The standard InChI is InChI=1S/C10H16N4/c1-13(2)9-7-10(12-8-11-9)14-5-3-4-6-14/h7-8H,3-6H2,1-2H3. The molecule has 0 N–H and O–H groups in total. The number of nitrogens with zero attached hydrogens (tertiary/aromatic N) is 4. The van der Waals surface area contributed by atoms with Crippen molar-refractivity contribution in [3.63, 3.8) is 0 Å². The normalized spacial score (nSPS) is 16.0. The van der Waals surface area contributed by atoms with Gasteiger partial charge in [-0.15, -0.1) is 0 Å². The molecule has 76 valence electrons. The minimum atomic E-state index is 0.974. The Hall–Kier alpha value is -1.32. The summed E-state index contributed by atoms with van der Waals surface area (Å²) in [6.45, 7) is 2.26. The molecule has 1 aliphatic rings. The quantitative estimate of drug-likeness (QED) is 0.703. The molecule has 1 saturated heterocycles. The Morgan fingerprint density at radius 1 is 1.21 bits per heavy atom. The highest BCUT2D eigenvalue weighted by atomic mass is 15.2. The molecule has 0 saturated carbocycles. The minimum absolute atomic E-state index is 0.974. The van der Waals surface area contributed by atoms with Crippen molar-refractivity contribution in [2.45, 2.75) is 12.8 Å². The van der Waals surface area contributed by atoms with Crippen LogP contribution < -0.4 is 9.80 Å². The van der Waals surface area contributed by atoms with Crippen LogP contribution in [0.1, 0.15) is 12.8 Å². The highest BCUT2D eigenvalue weighted by molar-refractivity contribution is 5.49. The van der Waals surface area contributed by atoms with Gasteiger partial charge in [-0.1, -0.05) is 0 Å². The smallest absolute Gasteiger partial charge is 0.134 e. The van der Waals surface area contributed by atoms with Gasteiger partial charge >= 0.3 is 0 Å². The summed E-state index contributed by atoms with van der Waals surface area (Å²) in [5.74, 6) is 2.03. The molecule has 0 atom stereocenters. The predicted molar refractivity (Wildman–Crippen MR) is 57.8 cm³/mol. The van der Waals surface area contributed by atoms with Crippen molar-refractivity contribution < 1.29 is 0 Å². The Labute approximate surface area is 84.6 Å². The van der Waals surface area contributed by atoms with Crippen molar-refractivity contribution in [2.75, 3.05) is 37.0 Å². The van der Waals surface area contributed by atoms with E-state index in [0.29, 0.717) is 0 Å². The van der Waals surface area contributed by atoms with E-state index in [9.17, 15) is 0 Å². The highest BCUT2D eigenvalue weighted by Crippen LogP contribution is 2.19. The van der Waals surface area contributed by atoms with Gasteiger partial charge < -0.3 is 9.80 Å². The van der Waals surface area contributed by atoms with Crippen molar-refractivity contribution in [2.24, 2.45) is 0 Å². The highest BCUT2D eigenvalue weighted by Gasteiger charge is 2.14. The number of hydrogen-bond acceptors (Lipinski definition) is 4. The summed E-state index contributed by atoms with van der Waals surface area (Å²) in [5, 5.41) is 0. The maximum Gasteiger partial charge on any atom is 0.134 e. The van der Waals surface area contributed by atoms with Gasteiger partial charge in [-0.2, -0.15) is 0 Å². The molecule has 0 radical (unpaired) electrons. The van der Waals surface area contributed by atoms with Crippen molar-refractivity contribution in [1.29, 1.82) is 0 Å². The maximum absolute atomic E-state index is 4.29. The second-order valence-corrected chi connectivity index (χ2v) is 3.82. The van der Waals surface area contributed by atoms with Crippen LogP contribution in [0, 0.1) is 0 Å². The van der Waals surface area contributed by atoms with Crippen LogP contribution >= 0.6 is 0 Å². The third-order valence-corrected chi connectivity index (χ3v) is 2.53. The molecule has 4 nitrogen and oxygen atoms in total. The molecule has 4 heteroatoms. The van der Waals surface area contributed by atoms with Gasteiger partial charge in [0.15, 0.2) is 0 Å². The first-order valence-electron chi connectivity index (χ1n) is 5.02. The third kappa shape index (κ3) is 1.78.